The van der Waals surface area contributed by atoms with Gasteiger partial charge in [-0.3, -0.25) is 9.78 Å². The van der Waals surface area contributed by atoms with E-state index >= 15 is 0 Å². The van der Waals surface area contributed by atoms with Crippen LogP contribution in [0.5, 0.6) is 0 Å². The molecule has 2 aromatic carbocycles. The van der Waals surface area contributed by atoms with Crippen LogP contribution in [0.2, 0.25) is 0 Å². The number of carbonyl (C=O) groups excluding carboxylic acids is 1. The number of oxime groups is 1. The van der Waals surface area contributed by atoms with Gasteiger partial charge in [-0.2, -0.15) is 4.98 Å². The number of likely N-dealkylation sites (tertiary alicyclic amines) is 1. The Labute approximate surface area is 190 Å². The van der Waals surface area contributed by atoms with E-state index in [-0.39, 0.29) is 5.91 Å². The summed E-state index contributed by atoms with van der Waals surface area (Å²) >= 11 is 0. The van der Waals surface area contributed by atoms with Crippen molar-refractivity contribution in [2.45, 2.75) is 12.5 Å². The van der Waals surface area contributed by atoms with E-state index in [2.05, 4.69) is 20.3 Å². The van der Waals surface area contributed by atoms with Crippen molar-refractivity contribution in [3.8, 4) is 22.7 Å². The van der Waals surface area contributed by atoms with Crippen LogP contribution in [0.3, 0.4) is 0 Å². The van der Waals surface area contributed by atoms with Gasteiger partial charge in [-0.15, -0.1) is 0 Å². The smallest absolute Gasteiger partial charge is 0.276 e. The molecule has 0 bridgehead atoms. The number of amides is 1. The van der Waals surface area contributed by atoms with Crippen LogP contribution in [0.15, 0.2) is 88.7 Å². The van der Waals surface area contributed by atoms with Crippen LogP contribution in [0, 0.1) is 0 Å². The lowest BCUT2D eigenvalue weighted by Crippen LogP contribution is -2.31. The molecule has 164 valence electrons. The van der Waals surface area contributed by atoms with Crippen molar-refractivity contribution in [1.29, 1.82) is 0 Å². The van der Waals surface area contributed by atoms with Crippen molar-refractivity contribution in [2.75, 3.05) is 13.7 Å². The van der Waals surface area contributed by atoms with Crippen molar-refractivity contribution < 1.29 is 14.2 Å². The molecule has 0 saturated carbocycles. The zero-order valence-electron chi connectivity index (χ0n) is 18.0. The fourth-order valence-corrected chi connectivity index (χ4v) is 3.91. The van der Waals surface area contributed by atoms with Gasteiger partial charge in [0, 0.05) is 18.2 Å². The highest BCUT2D eigenvalue weighted by Gasteiger charge is 2.38. The van der Waals surface area contributed by atoms with Crippen molar-refractivity contribution >= 4 is 11.6 Å². The lowest BCUT2D eigenvalue weighted by atomic mass is 10.0. The fourth-order valence-electron chi connectivity index (χ4n) is 3.91. The van der Waals surface area contributed by atoms with Gasteiger partial charge in [-0.1, -0.05) is 58.8 Å². The van der Waals surface area contributed by atoms with Crippen LogP contribution in [0.25, 0.3) is 22.7 Å². The van der Waals surface area contributed by atoms with Gasteiger partial charge in [0.05, 0.1) is 12.3 Å². The van der Waals surface area contributed by atoms with E-state index in [1.54, 1.807) is 17.2 Å². The lowest BCUT2D eigenvalue weighted by Gasteiger charge is -2.21. The number of nitrogens with zero attached hydrogens (tertiary/aromatic N) is 5. The molecule has 8 heteroatoms. The number of carbonyl (C=O) groups is 1. The molecule has 4 aromatic rings. The predicted molar refractivity (Wildman–Crippen MR) is 122 cm³/mol. The monoisotopic (exact) mass is 439 g/mol. The van der Waals surface area contributed by atoms with E-state index < -0.39 is 6.04 Å². The highest BCUT2D eigenvalue weighted by atomic mass is 16.6. The maximum absolute atomic E-state index is 13.4. The average Bonchev–Trinajstić information content (AvgIpc) is 3.53. The molecule has 0 spiro atoms. The molecule has 1 atom stereocenters. The minimum absolute atomic E-state index is 0.134. The Morgan fingerprint density at radius 2 is 1.79 bits per heavy atom. The SMILES string of the molecule is CON=C1CC(c2noc(-c3ccccn3)n2)N(C(=O)c2ccc(-c3ccccc3)cc2)C1. The topological polar surface area (TPSA) is 93.7 Å². The molecule has 5 rings (SSSR count). The molecule has 1 fully saturated rings. The maximum Gasteiger partial charge on any atom is 0.276 e. The van der Waals surface area contributed by atoms with Crippen molar-refractivity contribution in [2.24, 2.45) is 5.16 Å². The van der Waals surface area contributed by atoms with Gasteiger partial charge in [-0.05, 0) is 35.4 Å². The van der Waals surface area contributed by atoms with E-state index in [9.17, 15) is 4.79 Å². The van der Waals surface area contributed by atoms with Crippen LogP contribution in [-0.4, -0.2) is 45.3 Å². The molecular weight excluding hydrogens is 418 g/mol. The van der Waals surface area contributed by atoms with E-state index in [0.29, 0.717) is 35.9 Å². The first kappa shape index (κ1) is 20.6. The molecule has 3 heterocycles. The molecule has 0 aliphatic carbocycles. The summed E-state index contributed by atoms with van der Waals surface area (Å²) in [5.74, 6) is 0.582. The number of hydrogen-bond donors (Lipinski definition) is 0. The summed E-state index contributed by atoms with van der Waals surface area (Å²) in [5.41, 5.74) is 4.03. The van der Waals surface area contributed by atoms with Crippen LogP contribution < -0.4 is 0 Å². The molecule has 0 radical (unpaired) electrons. The van der Waals surface area contributed by atoms with Crippen LogP contribution in [0.4, 0.5) is 0 Å². The van der Waals surface area contributed by atoms with Crippen LogP contribution >= 0.6 is 0 Å². The summed E-state index contributed by atoms with van der Waals surface area (Å²) in [5, 5.41) is 8.20. The number of aromatic nitrogens is 3. The zero-order chi connectivity index (χ0) is 22.6. The van der Waals surface area contributed by atoms with Crippen LogP contribution in [-0.2, 0) is 4.84 Å². The molecule has 0 N–H and O–H groups in total. The molecule has 8 nitrogen and oxygen atoms in total. The quantitative estimate of drug-likeness (QED) is 0.428. The minimum atomic E-state index is -0.415. The third-order valence-corrected chi connectivity index (χ3v) is 5.50. The van der Waals surface area contributed by atoms with Gasteiger partial charge < -0.3 is 14.3 Å². The Morgan fingerprint density at radius 1 is 1.03 bits per heavy atom. The van der Waals surface area contributed by atoms with E-state index in [1.807, 2.05) is 66.7 Å². The molecule has 1 amide bonds. The Kier molecular flexibility index (Phi) is 5.63. The van der Waals surface area contributed by atoms with Gasteiger partial charge in [0.15, 0.2) is 5.82 Å². The first-order valence-corrected chi connectivity index (χ1v) is 10.5. The van der Waals surface area contributed by atoms with Crippen molar-refractivity contribution in [3.05, 3.63) is 90.4 Å². The normalized spacial score (nSPS) is 16.8. The van der Waals surface area contributed by atoms with Crippen molar-refractivity contribution in [3.63, 3.8) is 0 Å². The van der Waals surface area contributed by atoms with E-state index in [1.165, 1.54) is 7.11 Å². The summed E-state index contributed by atoms with van der Waals surface area (Å²) in [7, 11) is 1.49. The summed E-state index contributed by atoms with van der Waals surface area (Å²) < 4.78 is 5.42. The first-order valence-electron chi connectivity index (χ1n) is 10.5. The number of benzene rings is 2. The van der Waals surface area contributed by atoms with Crippen LogP contribution in [0.1, 0.15) is 28.6 Å². The summed E-state index contributed by atoms with van der Waals surface area (Å²) in [6, 6.07) is 22.6. The summed E-state index contributed by atoms with van der Waals surface area (Å²) in [6.45, 7) is 0.325. The second-order valence-electron chi connectivity index (χ2n) is 7.61. The molecular formula is C25H21N5O3. The lowest BCUT2D eigenvalue weighted by molar-refractivity contribution is 0.0732. The third kappa shape index (κ3) is 4.23. The predicted octanol–water partition coefficient (Wildman–Crippen LogP) is 4.39. The summed E-state index contributed by atoms with van der Waals surface area (Å²) in [4.78, 5) is 28.8. The second kappa shape index (κ2) is 9.04. The minimum Gasteiger partial charge on any atom is -0.399 e. The highest BCUT2D eigenvalue weighted by Crippen LogP contribution is 2.32. The fraction of sp³-hybridized carbons (Fsp3) is 0.160. The number of pyridine rings is 1. The Hall–Kier alpha value is -4.33. The molecule has 1 aliphatic rings. The average molecular weight is 439 g/mol. The van der Waals surface area contributed by atoms with Gasteiger partial charge in [-0.25, -0.2) is 0 Å². The number of hydrogen-bond acceptors (Lipinski definition) is 7. The molecule has 33 heavy (non-hydrogen) atoms. The Morgan fingerprint density at radius 3 is 2.52 bits per heavy atom. The first-order chi connectivity index (χ1) is 16.2. The Balaban J connectivity index is 1.42. The van der Waals surface area contributed by atoms with E-state index in [4.69, 9.17) is 9.36 Å². The second-order valence-corrected chi connectivity index (χ2v) is 7.61. The Bertz CT molecular complexity index is 1270. The van der Waals surface area contributed by atoms with Gasteiger partial charge in [0.1, 0.15) is 18.8 Å². The van der Waals surface area contributed by atoms with Gasteiger partial charge in [0.2, 0.25) is 0 Å². The van der Waals surface area contributed by atoms with E-state index in [0.717, 1.165) is 16.8 Å². The maximum atomic E-state index is 13.4. The van der Waals surface area contributed by atoms with Crippen molar-refractivity contribution in [1.82, 2.24) is 20.0 Å². The molecule has 1 aliphatic heterocycles. The molecule has 1 saturated heterocycles. The zero-order valence-corrected chi connectivity index (χ0v) is 18.0. The molecule has 2 aromatic heterocycles. The van der Waals surface area contributed by atoms with Gasteiger partial charge >= 0.3 is 0 Å². The highest BCUT2D eigenvalue weighted by molar-refractivity contribution is 6.00. The third-order valence-electron chi connectivity index (χ3n) is 5.50. The number of rotatable bonds is 5. The van der Waals surface area contributed by atoms with Gasteiger partial charge in [0.25, 0.3) is 11.8 Å². The standard InChI is InChI=1S/C25H21N5O3/c1-32-28-20-15-22(23-27-24(33-29-23)21-9-5-6-14-26-21)30(16-20)25(31)19-12-10-18(11-13-19)17-7-3-2-4-8-17/h2-14,22H,15-16H2,1H3. The summed E-state index contributed by atoms with van der Waals surface area (Å²) in [6.07, 6.45) is 2.12. The molecule has 1 unspecified atom stereocenters. The largest absolute Gasteiger partial charge is 0.399 e.